The number of fused-ring (bicyclic) bond motifs is 2. The van der Waals surface area contributed by atoms with Gasteiger partial charge in [0, 0.05) is 23.7 Å². The number of nitrogens with zero attached hydrogens (tertiary/aromatic N) is 1. The number of benzene rings is 2. The van der Waals surface area contributed by atoms with Crippen molar-refractivity contribution in [3.05, 3.63) is 59.7 Å². The highest BCUT2D eigenvalue weighted by molar-refractivity contribution is 5.53. The quantitative estimate of drug-likeness (QED) is 0.871. The second kappa shape index (κ2) is 5.17. The molecule has 108 valence electrons. The predicted molar refractivity (Wildman–Crippen MR) is 83.6 cm³/mol. The lowest BCUT2D eigenvalue weighted by Crippen LogP contribution is -2.45. The average molecular weight is 280 g/mol. The van der Waals surface area contributed by atoms with Gasteiger partial charge < -0.3 is 10.5 Å². The Labute approximate surface area is 125 Å². The number of para-hydroxylation sites is 2. The zero-order valence-electron chi connectivity index (χ0n) is 12.0. The second-order valence-corrected chi connectivity index (χ2v) is 5.98. The van der Waals surface area contributed by atoms with Gasteiger partial charge in [-0.3, -0.25) is 4.90 Å². The molecule has 0 bridgehead atoms. The van der Waals surface area contributed by atoms with E-state index >= 15 is 0 Å². The van der Waals surface area contributed by atoms with Crippen molar-refractivity contribution in [1.82, 2.24) is 4.90 Å². The maximum Gasteiger partial charge on any atom is 0.132 e. The van der Waals surface area contributed by atoms with Crippen molar-refractivity contribution in [3.63, 3.8) is 0 Å². The first-order valence-corrected chi connectivity index (χ1v) is 7.68. The van der Waals surface area contributed by atoms with Gasteiger partial charge in [-0.2, -0.15) is 0 Å². The first-order chi connectivity index (χ1) is 10.3. The highest BCUT2D eigenvalue weighted by atomic mass is 16.5. The van der Waals surface area contributed by atoms with Crippen LogP contribution in [0.5, 0.6) is 11.5 Å². The summed E-state index contributed by atoms with van der Waals surface area (Å²) in [5.41, 5.74) is 8.71. The van der Waals surface area contributed by atoms with Crippen LogP contribution in [-0.4, -0.2) is 24.0 Å². The molecule has 2 aromatic rings. The Morgan fingerprint density at radius 1 is 0.952 bits per heavy atom. The normalized spacial score (nSPS) is 22.2. The van der Waals surface area contributed by atoms with Gasteiger partial charge in [-0.1, -0.05) is 36.4 Å². The van der Waals surface area contributed by atoms with E-state index in [2.05, 4.69) is 41.3 Å². The average Bonchev–Trinajstić information content (AvgIpc) is 2.52. The molecular weight excluding hydrogens is 260 g/mol. The molecule has 21 heavy (non-hydrogen) atoms. The lowest BCUT2D eigenvalue weighted by molar-refractivity contribution is 0.163. The molecule has 1 fully saturated rings. The molecule has 0 saturated carbocycles. The highest BCUT2D eigenvalue weighted by Gasteiger charge is 2.33. The maximum absolute atomic E-state index is 6.20. The zero-order valence-corrected chi connectivity index (χ0v) is 12.0. The van der Waals surface area contributed by atoms with Crippen LogP contribution in [-0.2, 0) is 0 Å². The van der Waals surface area contributed by atoms with Crippen molar-refractivity contribution in [2.75, 3.05) is 13.1 Å². The molecule has 0 radical (unpaired) electrons. The first-order valence-electron chi connectivity index (χ1n) is 7.68. The monoisotopic (exact) mass is 280 g/mol. The van der Waals surface area contributed by atoms with Gasteiger partial charge in [0.05, 0.1) is 6.04 Å². The maximum atomic E-state index is 6.20. The van der Waals surface area contributed by atoms with Gasteiger partial charge in [-0.25, -0.2) is 0 Å². The Hall–Kier alpha value is -1.84. The van der Waals surface area contributed by atoms with Gasteiger partial charge in [0.1, 0.15) is 11.5 Å². The van der Waals surface area contributed by atoms with Crippen LogP contribution in [0.4, 0.5) is 0 Å². The molecule has 2 N–H and O–H groups in total. The van der Waals surface area contributed by atoms with Crippen molar-refractivity contribution in [2.45, 2.75) is 24.9 Å². The number of ether oxygens (including phenoxy) is 1. The van der Waals surface area contributed by atoms with Gasteiger partial charge in [0.2, 0.25) is 0 Å². The molecule has 2 aliphatic rings. The van der Waals surface area contributed by atoms with Crippen molar-refractivity contribution >= 4 is 0 Å². The van der Waals surface area contributed by atoms with Gasteiger partial charge >= 0.3 is 0 Å². The van der Waals surface area contributed by atoms with E-state index in [-0.39, 0.29) is 12.1 Å². The van der Waals surface area contributed by atoms with Crippen molar-refractivity contribution in [3.8, 4) is 11.5 Å². The minimum atomic E-state index is 0.262. The van der Waals surface area contributed by atoms with E-state index < -0.39 is 0 Å². The van der Waals surface area contributed by atoms with Crippen molar-refractivity contribution < 1.29 is 4.74 Å². The summed E-state index contributed by atoms with van der Waals surface area (Å²) < 4.78 is 6.07. The summed E-state index contributed by atoms with van der Waals surface area (Å²) in [7, 11) is 0. The van der Waals surface area contributed by atoms with Crippen LogP contribution < -0.4 is 10.5 Å². The Balaban J connectivity index is 1.81. The van der Waals surface area contributed by atoms with Gasteiger partial charge in [0.15, 0.2) is 0 Å². The number of likely N-dealkylation sites (tertiary alicyclic amines) is 1. The van der Waals surface area contributed by atoms with Crippen LogP contribution in [0, 0.1) is 0 Å². The summed E-state index contributed by atoms with van der Waals surface area (Å²) in [6.07, 6.45) is 2.30. The standard InChI is InChI=1S/C18H20N2O/c19-13-6-5-11-20(12-13)18-14-7-1-3-9-16(14)21-17-10-4-2-8-15(17)18/h1-4,7-10,13,18H,5-6,11-12,19H2. The molecule has 1 saturated heterocycles. The fourth-order valence-corrected chi connectivity index (χ4v) is 3.55. The third kappa shape index (κ3) is 2.23. The zero-order chi connectivity index (χ0) is 14.2. The summed E-state index contributed by atoms with van der Waals surface area (Å²) in [6.45, 7) is 2.05. The molecule has 1 unspecified atom stereocenters. The third-order valence-electron chi connectivity index (χ3n) is 4.50. The number of nitrogens with two attached hydrogens (primary N) is 1. The summed E-state index contributed by atoms with van der Waals surface area (Å²) in [6, 6.07) is 17.3. The molecule has 0 aliphatic carbocycles. The van der Waals surface area contributed by atoms with Crippen LogP contribution in [0.3, 0.4) is 0 Å². The lowest BCUT2D eigenvalue weighted by Gasteiger charge is -2.40. The molecule has 3 nitrogen and oxygen atoms in total. The molecule has 4 rings (SSSR count). The second-order valence-electron chi connectivity index (χ2n) is 5.98. The fourth-order valence-electron chi connectivity index (χ4n) is 3.55. The van der Waals surface area contributed by atoms with Gasteiger partial charge in [-0.15, -0.1) is 0 Å². The van der Waals surface area contributed by atoms with Crippen LogP contribution in [0.2, 0.25) is 0 Å². The van der Waals surface area contributed by atoms with Crippen molar-refractivity contribution in [1.29, 1.82) is 0 Å². The summed E-state index contributed by atoms with van der Waals surface area (Å²) >= 11 is 0. The first kappa shape index (κ1) is 12.9. The van der Waals surface area contributed by atoms with E-state index in [4.69, 9.17) is 10.5 Å². The largest absolute Gasteiger partial charge is 0.457 e. The summed E-state index contributed by atoms with van der Waals surface area (Å²) in [5, 5.41) is 0. The summed E-state index contributed by atoms with van der Waals surface area (Å²) in [4.78, 5) is 2.51. The molecule has 2 aromatic carbocycles. The molecule has 2 aliphatic heterocycles. The van der Waals surface area contributed by atoms with Gasteiger partial charge in [-0.05, 0) is 31.5 Å². The summed E-state index contributed by atoms with van der Waals surface area (Å²) in [5.74, 6) is 1.95. The van der Waals surface area contributed by atoms with E-state index in [0.717, 1.165) is 31.0 Å². The molecule has 0 amide bonds. The van der Waals surface area contributed by atoms with Crippen molar-refractivity contribution in [2.24, 2.45) is 5.73 Å². The highest BCUT2D eigenvalue weighted by Crippen LogP contribution is 2.45. The molecular formula is C18H20N2O. The van der Waals surface area contributed by atoms with E-state index in [9.17, 15) is 0 Å². The fraction of sp³-hybridized carbons (Fsp3) is 0.333. The smallest absolute Gasteiger partial charge is 0.132 e. The van der Waals surface area contributed by atoms with Crippen LogP contribution in [0.25, 0.3) is 0 Å². The van der Waals surface area contributed by atoms with Crippen LogP contribution >= 0.6 is 0 Å². The minimum Gasteiger partial charge on any atom is -0.457 e. The van der Waals surface area contributed by atoms with Crippen LogP contribution in [0.1, 0.15) is 30.0 Å². The van der Waals surface area contributed by atoms with Crippen LogP contribution in [0.15, 0.2) is 48.5 Å². The van der Waals surface area contributed by atoms with E-state index in [1.165, 1.54) is 17.5 Å². The Morgan fingerprint density at radius 3 is 2.19 bits per heavy atom. The van der Waals surface area contributed by atoms with Gasteiger partial charge in [0.25, 0.3) is 0 Å². The predicted octanol–water partition coefficient (Wildman–Crippen LogP) is 3.30. The number of rotatable bonds is 1. The Bertz CT molecular complexity index is 610. The molecule has 2 heterocycles. The SMILES string of the molecule is NC1CCCN(C2c3ccccc3Oc3ccccc32)C1. The Kier molecular flexibility index (Phi) is 3.17. The number of hydrogen-bond acceptors (Lipinski definition) is 3. The molecule has 0 aromatic heterocycles. The minimum absolute atomic E-state index is 0.262. The topological polar surface area (TPSA) is 38.5 Å². The third-order valence-corrected chi connectivity index (χ3v) is 4.50. The van der Waals surface area contributed by atoms with E-state index in [0.29, 0.717) is 0 Å². The van der Waals surface area contributed by atoms with E-state index in [1.54, 1.807) is 0 Å². The van der Waals surface area contributed by atoms with E-state index in [1.807, 2.05) is 12.1 Å². The molecule has 1 atom stereocenters. The number of hydrogen-bond donors (Lipinski definition) is 1. The Morgan fingerprint density at radius 2 is 1.57 bits per heavy atom. The number of piperidine rings is 1. The molecule has 3 heteroatoms. The molecule has 0 spiro atoms. The lowest BCUT2D eigenvalue weighted by atomic mass is 9.91.